The van der Waals surface area contributed by atoms with Gasteiger partial charge in [0, 0.05) is 17.8 Å². The third-order valence-electron chi connectivity index (χ3n) is 3.22. The van der Waals surface area contributed by atoms with Gasteiger partial charge in [-0.3, -0.25) is 4.68 Å². The number of aromatic nitrogens is 2. The highest BCUT2D eigenvalue weighted by molar-refractivity contribution is 5.21. The van der Waals surface area contributed by atoms with Gasteiger partial charge in [0.25, 0.3) is 0 Å². The Morgan fingerprint density at radius 3 is 2.44 bits per heavy atom. The monoisotopic (exact) mass is 225 g/mol. The molecule has 0 aliphatic carbocycles. The van der Waals surface area contributed by atoms with E-state index in [-0.39, 0.29) is 6.61 Å². The lowest BCUT2D eigenvalue weighted by Gasteiger charge is -2.21. The fourth-order valence-corrected chi connectivity index (χ4v) is 1.72. The van der Waals surface area contributed by atoms with Crippen molar-refractivity contribution < 1.29 is 5.11 Å². The molecule has 0 aliphatic rings. The molecule has 0 bridgehead atoms. The number of aliphatic hydroxyl groups excluding tert-OH is 1. The van der Waals surface area contributed by atoms with Crippen LogP contribution in [0.5, 0.6) is 0 Å². The molecule has 1 aromatic heterocycles. The summed E-state index contributed by atoms with van der Waals surface area (Å²) in [6, 6.07) is 0. The van der Waals surface area contributed by atoms with Crippen LogP contribution in [0.15, 0.2) is 0 Å². The lowest BCUT2D eigenvalue weighted by molar-refractivity contribution is 0.196. The van der Waals surface area contributed by atoms with Crippen LogP contribution in [0.2, 0.25) is 0 Å². The molecule has 1 rings (SSSR count). The van der Waals surface area contributed by atoms with Crippen molar-refractivity contribution in [2.45, 2.75) is 52.6 Å². The number of rotatable bonds is 5. The van der Waals surface area contributed by atoms with E-state index in [1.165, 1.54) is 11.3 Å². The Kier molecular flexibility index (Phi) is 4.10. The highest BCUT2D eigenvalue weighted by atomic mass is 16.3. The van der Waals surface area contributed by atoms with Crippen molar-refractivity contribution in [2.75, 3.05) is 6.61 Å². The van der Waals surface area contributed by atoms with Crippen LogP contribution in [0.25, 0.3) is 0 Å². The maximum atomic E-state index is 9.05. The molecule has 0 saturated carbocycles. The first-order chi connectivity index (χ1) is 7.37. The zero-order valence-electron chi connectivity index (χ0n) is 10.7. The quantitative estimate of drug-likeness (QED) is 0.794. The second kappa shape index (κ2) is 4.97. The van der Waals surface area contributed by atoms with E-state index in [0.717, 1.165) is 25.1 Å². The van der Waals surface area contributed by atoms with Crippen molar-refractivity contribution in [1.82, 2.24) is 9.78 Å². The molecule has 0 aromatic carbocycles. The van der Waals surface area contributed by atoms with Gasteiger partial charge in [-0.2, -0.15) is 5.10 Å². The lowest BCUT2D eigenvalue weighted by atomic mass is 9.98. The minimum absolute atomic E-state index is 0.0309. The van der Waals surface area contributed by atoms with Gasteiger partial charge in [0.05, 0.1) is 12.3 Å². The molecule has 16 heavy (non-hydrogen) atoms. The van der Waals surface area contributed by atoms with Crippen molar-refractivity contribution in [3.63, 3.8) is 0 Å². The Hall–Kier alpha value is -0.870. The molecule has 1 heterocycles. The van der Waals surface area contributed by atoms with E-state index in [1.54, 1.807) is 0 Å². The normalized spacial score (nSPS) is 15.1. The zero-order valence-corrected chi connectivity index (χ0v) is 10.7. The molecule has 1 unspecified atom stereocenters. The maximum absolute atomic E-state index is 9.05. The van der Waals surface area contributed by atoms with Crippen LogP contribution in [-0.2, 0) is 6.54 Å². The summed E-state index contributed by atoms with van der Waals surface area (Å²) in [5.74, 6) is 0. The van der Waals surface area contributed by atoms with E-state index >= 15 is 0 Å². The van der Waals surface area contributed by atoms with E-state index in [1.807, 2.05) is 18.5 Å². The Morgan fingerprint density at radius 2 is 2.00 bits per heavy atom. The third kappa shape index (κ3) is 3.06. The summed E-state index contributed by atoms with van der Waals surface area (Å²) in [6.07, 6.45) is 1.75. The summed E-state index contributed by atoms with van der Waals surface area (Å²) in [6.45, 7) is 8.98. The van der Waals surface area contributed by atoms with Crippen LogP contribution >= 0.6 is 0 Å². The summed E-state index contributed by atoms with van der Waals surface area (Å²) in [7, 11) is 0. The predicted molar refractivity (Wildman–Crippen MR) is 65.4 cm³/mol. The summed E-state index contributed by atoms with van der Waals surface area (Å²) >= 11 is 0. The molecule has 92 valence electrons. The number of nitrogens with two attached hydrogens (primary N) is 1. The largest absolute Gasteiger partial charge is 0.394 e. The summed E-state index contributed by atoms with van der Waals surface area (Å²) < 4.78 is 2.03. The van der Waals surface area contributed by atoms with Crippen LogP contribution in [-0.4, -0.2) is 27.0 Å². The Labute approximate surface area is 97.5 Å². The third-order valence-corrected chi connectivity index (χ3v) is 3.22. The molecule has 1 atom stereocenters. The van der Waals surface area contributed by atoms with Crippen molar-refractivity contribution in [1.29, 1.82) is 0 Å². The van der Waals surface area contributed by atoms with E-state index in [2.05, 4.69) is 18.9 Å². The van der Waals surface area contributed by atoms with Gasteiger partial charge in [0.2, 0.25) is 0 Å². The van der Waals surface area contributed by atoms with Crippen LogP contribution < -0.4 is 5.73 Å². The highest BCUT2D eigenvalue weighted by Gasteiger charge is 2.16. The molecule has 0 spiro atoms. The van der Waals surface area contributed by atoms with Gasteiger partial charge in [-0.15, -0.1) is 0 Å². The Morgan fingerprint density at radius 1 is 1.38 bits per heavy atom. The summed E-state index contributed by atoms with van der Waals surface area (Å²) in [4.78, 5) is 0. The first kappa shape index (κ1) is 13.2. The van der Waals surface area contributed by atoms with Crippen LogP contribution in [0.4, 0.5) is 0 Å². The fourth-order valence-electron chi connectivity index (χ4n) is 1.72. The van der Waals surface area contributed by atoms with Gasteiger partial charge in [-0.05, 0) is 46.1 Å². The van der Waals surface area contributed by atoms with Crippen LogP contribution in [0.1, 0.15) is 36.7 Å². The molecular weight excluding hydrogens is 202 g/mol. The predicted octanol–water partition coefficient (Wildman–Crippen LogP) is 1.30. The second-order valence-corrected chi connectivity index (χ2v) is 4.93. The van der Waals surface area contributed by atoms with E-state index in [4.69, 9.17) is 10.8 Å². The SMILES string of the molecule is Cc1nn(CCCC(C)(N)CO)c(C)c1C. The minimum atomic E-state index is -0.467. The van der Waals surface area contributed by atoms with Crippen molar-refractivity contribution in [3.8, 4) is 0 Å². The summed E-state index contributed by atoms with van der Waals surface area (Å²) in [5, 5.41) is 13.5. The van der Waals surface area contributed by atoms with Gasteiger partial charge in [-0.25, -0.2) is 0 Å². The van der Waals surface area contributed by atoms with E-state index < -0.39 is 5.54 Å². The van der Waals surface area contributed by atoms with Gasteiger partial charge in [-0.1, -0.05) is 0 Å². The molecule has 0 aliphatic heterocycles. The number of hydrogen-bond acceptors (Lipinski definition) is 3. The number of aryl methyl sites for hydroxylation is 2. The first-order valence-electron chi connectivity index (χ1n) is 5.78. The molecular formula is C12H23N3O. The topological polar surface area (TPSA) is 64.1 Å². The molecule has 1 aromatic rings. The molecule has 0 saturated heterocycles. The highest BCUT2D eigenvalue weighted by Crippen LogP contribution is 2.13. The smallest absolute Gasteiger partial charge is 0.0625 e. The summed E-state index contributed by atoms with van der Waals surface area (Å²) in [5.41, 5.74) is 8.98. The standard InChI is InChI=1S/C12H23N3O/c1-9-10(2)14-15(11(9)3)7-5-6-12(4,13)8-16/h16H,5-8,13H2,1-4H3. The average Bonchev–Trinajstić information content (AvgIpc) is 2.46. The number of hydrogen-bond donors (Lipinski definition) is 2. The number of nitrogens with zero attached hydrogens (tertiary/aromatic N) is 2. The second-order valence-electron chi connectivity index (χ2n) is 4.93. The maximum Gasteiger partial charge on any atom is 0.0625 e. The molecule has 4 heteroatoms. The minimum Gasteiger partial charge on any atom is -0.394 e. The average molecular weight is 225 g/mol. The van der Waals surface area contributed by atoms with Crippen molar-refractivity contribution >= 4 is 0 Å². The Bertz CT molecular complexity index is 355. The number of aliphatic hydroxyl groups is 1. The van der Waals surface area contributed by atoms with E-state index in [0.29, 0.717) is 0 Å². The molecule has 0 amide bonds. The van der Waals surface area contributed by atoms with Crippen LogP contribution in [0.3, 0.4) is 0 Å². The van der Waals surface area contributed by atoms with Gasteiger partial charge in [0.1, 0.15) is 0 Å². The van der Waals surface area contributed by atoms with Crippen LogP contribution in [0, 0.1) is 20.8 Å². The fraction of sp³-hybridized carbons (Fsp3) is 0.750. The Balaban J connectivity index is 2.53. The van der Waals surface area contributed by atoms with Gasteiger partial charge < -0.3 is 10.8 Å². The molecule has 0 radical (unpaired) electrons. The molecule has 0 fully saturated rings. The van der Waals surface area contributed by atoms with Crippen molar-refractivity contribution in [3.05, 3.63) is 17.0 Å². The molecule has 4 nitrogen and oxygen atoms in total. The zero-order chi connectivity index (χ0) is 12.3. The van der Waals surface area contributed by atoms with Gasteiger partial charge in [0.15, 0.2) is 0 Å². The van der Waals surface area contributed by atoms with Crippen molar-refractivity contribution in [2.24, 2.45) is 5.73 Å². The van der Waals surface area contributed by atoms with Gasteiger partial charge >= 0.3 is 0 Å². The molecule has 3 N–H and O–H groups in total. The van der Waals surface area contributed by atoms with E-state index in [9.17, 15) is 0 Å². The first-order valence-corrected chi connectivity index (χ1v) is 5.78. The lowest BCUT2D eigenvalue weighted by Crippen LogP contribution is -2.40.